The number of nitriles is 1. The number of rotatable bonds is 6. The Morgan fingerprint density at radius 2 is 2.04 bits per heavy atom. The van der Waals surface area contributed by atoms with Gasteiger partial charge in [0.2, 0.25) is 5.82 Å². The number of hydrogen-bond donors (Lipinski definition) is 2. The van der Waals surface area contributed by atoms with Gasteiger partial charge in [0.05, 0.1) is 17.1 Å². The number of aromatic nitrogens is 2. The Bertz CT molecular complexity index is 1030. The van der Waals surface area contributed by atoms with Crippen molar-refractivity contribution in [1.29, 1.82) is 5.26 Å². The summed E-state index contributed by atoms with van der Waals surface area (Å²) in [4.78, 5) is 29.5. The molecule has 0 atom stereocenters. The number of benzene rings is 1. The number of carbonyl (C=O) groups is 2. The van der Waals surface area contributed by atoms with Gasteiger partial charge >= 0.3 is 0 Å². The molecule has 3 aromatic rings. The number of amides is 2. The molecule has 0 spiro atoms. The van der Waals surface area contributed by atoms with Crippen LogP contribution >= 0.6 is 0 Å². The third-order valence-electron chi connectivity index (χ3n) is 4.03. The van der Waals surface area contributed by atoms with Gasteiger partial charge in [-0.25, -0.2) is 4.98 Å². The Kier molecular flexibility index (Phi) is 5.47. The molecule has 3 rings (SSSR count). The van der Waals surface area contributed by atoms with Crippen LogP contribution in [0, 0.1) is 11.3 Å². The van der Waals surface area contributed by atoms with Gasteiger partial charge in [0, 0.05) is 18.4 Å². The largest absolute Gasteiger partial charge is 0.351 e. The molecular formula is C20H19N5O2. The number of nitrogens with zero attached hydrogens (tertiary/aromatic N) is 3. The van der Waals surface area contributed by atoms with Crippen molar-refractivity contribution in [3.05, 3.63) is 65.7 Å². The summed E-state index contributed by atoms with van der Waals surface area (Å²) in [6, 6.07) is 13.9. The SMILES string of the molecule is CCCCNC(=O)c1nc(C(=O)Nc2cccc(C#N)c2)n2ccccc12. The summed E-state index contributed by atoms with van der Waals surface area (Å²) in [5.74, 6) is -0.662. The highest BCUT2D eigenvalue weighted by Crippen LogP contribution is 2.16. The second-order valence-electron chi connectivity index (χ2n) is 6.00. The highest BCUT2D eigenvalue weighted by atomic mass is 16.2. The van der Waals surface area contributed by atoms with Crippen LogP contribution in [0.25, 0.3) is 5.52 Å². The van der Waals surface area contributed by atoms with Crippen LogP contribution in [0.2, 0.25) is 0 Å². The smallest absolute Gasteiger partial charge is 0.292 e. The maximum Gasteiger partial charge on any atom is 0.292 e. The molecule has 2 aromatic heterocycles. The zero-order valence-corrected chi connectivity index (χ0v) is 14.9. The van der Waals surface area contributed by atoms with Gasteiger partial charge in [0.15, 0.2) is 5.69 Å². The summed E-state index contributed by atoms with van der Waals surface area (Å²) in [6.07, 6.45) is 3.53. The lowest BCUT2D eigenvalue weighted by molar-refractivity contribution is 0.0950. The average molecular weight is 361 g/mol. The van der Waals surface area contributed by atoms with Crippen molar-refractivity contribution in [3.8, 4) is 6.07 Å². The van der Waals surface area contributed by atoms with Gasteiger partial charge in [-0.2, -0.15) is 5.26 Å². The van der Waals surface area contributed by atoms with Crippen molar-refractivity contribution in [2.24, 2.45) is 0 Å². The summed E-state index contributed by atoms with van der Waals surface area (Å²) in [7, 11) is 0. The van der Waals surface area contributed by atoms with E-state index in [9.17, 15) is 9.59 Å². The van der Waals surface area contributed by atoms with E-state index in [-0.39, 0.29) is 17.4 Å². The minimum Gasteiger partial charge on any atom is -0.351 e. The second-order valence-corrected chi connectivity index (χ2v) is 6.00. The van der Waals surface area contributed by atoms with Crippen molar-refractivity contribution in [3.63, 3.8) is 0 Å². The molecule has 0 aliphatic rings. The standard InChI is InChI=1S/C20H19N5O2/c1-2-3-10-22-19(26)17-16-9-4-5-11-25(16)18(24-17)20(27)23-15-8-6-7-14(12-15)13-21/h4-9,11-12H,2-3,10H2,1H3,(H,22,26)(H,23,27). The van der Waals surface area contributed by atoms with Gasteiger partial charge in [-0.1, -0.05) is 25.5 Å². The summed E-state index contributed by atoms with van der Waals surface area (Å²) in [6.45, 7) is 2.60. The number of anilines is 1. The van der Waals surface area contributed by atoms with Crippen LogP contribution in [-0.2, 0) is 0 Å². The summed E-state index contributed by atoms with van der Waals surface area (Å²) < 4.78 is 1.58. The van der Waals surface area contributed by atoms with Crippen molar-refractivity contribution in [1.82, 2.24) is 14.7 Å². The maximum atomic E-state index is 12.7. The normalized spacial score (nSPS) is 10.4. The van der Waals surface area contributed by atoms with E-state index in [1.807, 2.05) is 13.0 Å². The molecule has 2 amide bonds. The molecule has 136 valence electrons. The number of carbonyl (C=O) groups excluding carboxylic acids is 2. The third-order valence-corrected chi connectivity index (χ3v) is 4.03. The molecule has 0 saturated carbocycles. The topological polar surface area (TPSA) is 99.3 Å². The molecule has 0 fully saturated rings. The van der Waals surface area contributed by atoms with Crippen LogP contribution in [0.4, 0.5) is 5.69 Å². The van der Waals surface area contributed by atoms with Crippen molar-refractivity contribution < 1.29 is 9.59 Å². The van der Waals surface area contributed by atoms with Crippen molar-refractivity contribution >= 4 is 23.0 Å². The Morgan fingerprint density at radius 3 is 2.81 bits per heavy atom. The summed E-state index contributed by atoms with van der Waals surface area (Å²) in [5.41, 5.74) is 1.70. The summed E-state index contributed by atoms with van der Waals surface area (Å²) >= 11 is 0. The van der Waals surface area contributed by atoms with Crippen LogP contribution in [0.3, 0.4) is 0 Å². The van der Waals surface area contributed by atoms with E-state index in [0.29, 0.717) is 23.3 Å². The lowest BCUT2D eigenvalue weighted by Gasteiger charge is -2.04. The van der Waals surface area contributed by atoms with Gasteiger partial charge in [0.1, 0.15) is 0 Å². The fraction of sp³-hybridized carbons (Fsp3) is 0.200. The van der Waals surface area contributed by atoms with Gasteiger partial charge in [-0.3, -0.25) is 14.0 Å². The monoisotopic (exact) mass is 361 g/mol. The first-order valence-electron chi connectivity index (χ1n) is 8.71. The molecule has 0 saturated heterocycles. The Labute approximate surface area is 156 Å². The molecule has 0 aliphatic heterocycles. The minimum atomic E-state index is -0.459. The van der Waals surface area contributed by atoms with E-state index in [2.05, 4.69) is 15.6 Å². The molecule has 0 aliphatic carbocycles. The lowest BCUT2D eigenvalue weighted by atomic mass is 10.2. The molecule has 0 unspecified atom stereocenters. The molecule has 0 bridgehead atoms. The second kappa shape index (κ2) is 8.15. The highest BCUT2D eigenvalue weighted by Gasteiger charge is 2.21. The van der Waals surface area contributed by atoms with Gasteiger partial charge < -0.3 is 10.6 Å². The zero-order chi connectivity index (χ0) is 19.2. The van der Waals surface area contributed by atoms with E-state index < -0.39 is 5.91 Å². The predicted octanol–water partition coefficient (Wildman–Crippen LogP) is 2.99. The van der Waals surface area contributed by atoms with Crippen molar-refractivity contribution in [2.45, 2.75) is 19.8 Å². The first-order valence-corrected chi connectivity index (χ1v) is 8.71. The molecule has 0 radical (unpaired) electrons. The predicted molar refractivity (Wildman–Crippen MR) is 102 cm³/mol. The summed E-state index contributed by atoms with van der Waals surface area (Å²) in [5, 5.41) is 14.5. The van der Waals surface area contributed by atoms with Gasteiger partial charge in [-0.15, -0.1) is 0 Å². The van der Waals surface area contributed by atoms with Crippen LogP contribution in [-0.4, -0.2) is 27.7 Å². The maximum absolute atomic E-state index is 12.7. The number of nitrogens with one attached hydrogen (secondary N) is 2. The Morgan fingerprint density at radius 1 is 1.19 bits per heavy atom. The minimum absolute atomic E-state index is 0.105. The Hall–Kier alpha value is -3.66. The number of hydrogen-bond acceptors (Lipinski definition) is 4. The molecule has 1 aromatic carbocycles. The average Bonchev–Trinajstić information content (AvgIpc) is 3.08. The van der Waals surface area contributed by atoms with Crippen LogP contribution in [0.5, 0.6) is 0 Å². The molecular weight excluding hydrogens is 342 g/mol. The van der Waals surface area contributed by atoms with Gasteiger partial charge in [0.25, 0.3) is 11.8 Å². The van der Waals surface area contributed by atoms with E-state index in [1.165, 1.54) is 0 Å². The number of fused-ring (bicyclic) bond motifs is 1. The zero-order valence-electron chi connectivity index (χ0n) is 14.9. The third kappa shape index (κ3) is 3.96. The number of pyridine rings is 1. The molecule has 2 heterocycles. The number of unbranched alkanes of at least 4 members (excludes halogenated alkanes) is 1. The molecule has 2 N–H and O–H groups in total. The Balaban J connectivity index is 1.91. The van der Waals surface area contributed by atoms with E-state index in [4.69, 9.17) is 5.26 Å². The van der Waals surface area contributed by atoms with Crippen molar-refractivity contribution in [2.75, 3.05) is 11.9 Å². The molecule has 27 heavy (non-hydrogen) atoms. The first-order chi connectivity index (χ1) is 13.1. The first kappa shape index (κ1) is 18.1. The molecule has 7 heteroatoms. The van der Waals surface area contributed by atoms with Gasteiger partial charge in [-0.05, 0) is 36.8 Å². The van der Waals surface area contributed by atoms with Crippen LogP contribution < -0.4 is 10.6 Å². The highest BCUT2D eigenvalue weighted by molar-refractivity contribution is 6.06. The van der Waals surface area contributed by atoms with Crippen LogP contribution in [0.15, 0.2) is 48.7 Å². The quantitative estimate of drug-likeness (QED) is 0.659. The van der Waals surface area contributed by atoms with Crippen LogP contribution in [0.1, 0.15) is 46.4 Å². The van der Waals surface area contributed by atoms with E-state index in [0.717, 1.165) is 12.8 Å². The fourth-order valence-corrected chi connectivity index (χ4v) is 2.68. The fourth-order valence-electron chi connectivity index (χ4n) is 2.68. The number of imidazole rings is 1. The lowest BCUT2D eigenvalue weighted by Crippen LogP contribution is -2.25. The van der Waals surface area contributed by atoms with E-state index >= 15 is 0 Å². The molecule has 7 nitrogen and oxygen atoms in total. The van der Waals surface area contributed by atoms with E-state index in [1.54, 1.807) is 53.1 Å².